The zero-order chi connectivity index (χ0) is 56.7. The maximum Gasteiger partial charge on any atom is 0.295 e. The summed E-state index contributed by atoms with van der Waals surface area (Å²) in [6.07, 6.45) is -5.13. The second-order valence-electron chi connectivity index (χ2n) is 17.0. The highest BCUT2D eigenvalue weighted by Gasteiger charge is 2.55. The monoisotopic (exact) mass is 1190 g/mol. The summed E-state index contributed by atoms with van der Waals surface area (Å²) in [6.45, 7) is -7.32. The van der Waals surface area contributed by atoms with Crippen LogP contribution >= 0.6 is 0 Å². The predicted molar refractivity (Wildman–Crippen MR) is 252 cm³/mol. The van der Waals surface area contributed by atoms with Crippen molar-refractivity contribution in [1.29, 1.82) is 0 Å². The van der Waals surface area contributed by atoms with Gasteiger partial charge in [-0.25, -0.2) is 0 Å². The maximum absolute atomic E-state index is 12.9. The van der Waals surface area contributed by atoms with Gasteiger partial charge in [-0.05, 0) is 42.8 Å². The van der Waals surface area contributed by atoms with Crippen molar-refractivity contribution in [3.63, 3.8) is 0 Å². The highest BCUT2D eigenvalue weighted by Crippen LogP contribution is 2.52. The number of hydrogen-bond donors (Lipinski definition) is 14. The number of anilines is 1. The van der Waals surface area contributed by atoms with Crippen molar-refractivity contribution in [3.8, 4) is 0 Å². The molecular weight excluding hydrogens is 1140 g/mol. The van der Waals surface area contributed by atoms with E-state index >= 15 is 0 Å². The molecule has 3 aliphatic rings. The molecule has 3 aliphatic heterocycles. The van der Waals surface area contributed by atoms with Gasteiger partial charge in [-0.2, -0.15) is 55.1 Å². The van der Waals surface area contributed by atoms with Gasteiger partial charge in [-0.15, -0.1) is 0 Å². The molecule has 36 heteroatoms. The Morgan fingerprint density at radius 3 is 1.65 bits per heavy atom. The van der Waals surface area contributed by atoms with Crippen LogP contribution in [0.25, 0.3) is 0 Å². The molecule has 30 nitrogen and oxygen atoms in total. The summed E-state index contributed by atoms with van der Waals surface area (Å²) in [6, 6.07) is 1.91. The van der Waals surface area contributed by atoms with Crippen molar-refractivity contribution >= 4 is 77.8 Å². The molecule has 0 aliphatic carbocycles. The van der Waals surface area contributed by atoms with E-state index in [-0.39, 0.29) is 11.8 Å². The van der Waals surface area contributed by atoms with E-state index in [4.69, 9.17) is 9.47 Å². The Hall–Kier alpha value is -4.23. The van der Waals surface area contributed by atoms with Crippen LogP contribution in [0.5, 0.6) is 0 Å². The second-order valence-corrected chi connectivity index (χ2v) is 25.7. The highest BCUT2D eigenvalue weighted by molar-refractivity contribution is 7.87. The molecule has 0 saturated carbocycles. The molecule has 420 valence electrons. The molecule has 14 N–H and O–H groups in total. The van der Waals surface area contributed by atoms with Crippen molar-refractivity contribution in [2.45, 2.75) is 74.0 Å². The molecule has 0 unspecified atom stereocenters. The van der Waals surface area contributed by atoms with Crippen LogP contribution in [0.3, 0.4) is 0 Å². The Kier molecular flexibility index (Phi) is 18.6. The summed E-state index contributed by atoms with van der Waals surface area (Å²) >= 11 is 0. The Morgan fingerprint density at radius 2 is 1.16 bits per heavy atom. The number of ether oxygens (including phenoxy) is 2. The second kappa shape index (κ2) is 22.6. The van der Waals surface area contributed by atoms with Gasteiger partial charge >= 0.3 is 0 Å². The number of nitrogens with zero attached hydrogens (tertiary/aromatic N) is 2. The van der Waals surface area contributed by atoms with E-state index in [0.717, 1.165) is 45.9 Å². The summed E-state index contributed by atoms with van der Waals surface area (Å²) in [5.74, 6) is -2.57. The Labute approximate surface area is 428 Å². The zero-order valence-corrected chi connectivity index (χ0v) is 43.2. The van der Waals surface area contributed by atoms with E-state index in [1.165, 1.54) is 0 Å². The van der Waals surface area contributed by atoms with E-state index < -0.39 is 226 Å². The quantitative estimate of drug-likeness (QED) is 0.0218. The number of hydrogen-bond acceptors (Lipinski definition) is 23. The molecule has 0 radical (unpaired) electrons. The van der Waals surface area contributed by atoms with Crippen LogP contribution in [0, 0.1) is 0 Å². The molecule has 2 aromatic rings. The minimum atomic E-state index is -5.56. The van der Waals surface area contributed by atoms with Crippen LogP contribution in [0.4, 0.5) is 11.4 Å². The molecule has 5 atom stereocenters. The fourth-order valence-corrected chi connectivity index (χ4v) is 12.6. The van der Waals surface area contributed by atoms with E-state index in [9.17, 15) is 119 Å². The first kappa shape index (κ1) is 61.6. The average molecular weight is 1190 g/mol. The molecule has 2 aromatic carbocycles. The lowest BCUT2D eigenvalue weighted by Crippen LogP contribution is -2.59. The third-order valence-corrected chi connectivity index (χ3v) is 17.2. The lowest BCUT2D eigenvalue weighted by molar-refractivity contribution is -0.438. The first-order chi connectivity index (χ1) is 34.5. The predicted octanol–water partition coefficient (Wildman–Crippen LogP) is -4.01. The normalized spacial score (nSPS) is 23.2. The van der Waals surface area contributed by atoms with Crippen molar-refractivity contribution < 1.29 is 133 Å². The first-order valence-corrected chi connectivity index (χ1v) is 30.2. The van der Waals surface area contributed by atoms with Gasteiger partial charge in [0.15, 0.2) is 5.71 Å². The average Bonchev–Trinajstić information content (AvgIpc) is 3.72. The number of aliphatic hydroxyl groups is 8. The largest absolute Gasteiger partial charge is 0.462 e. The minimum absolute atomic E-state index is 0.289. The van der Waals surface area contributed by atoms with E-state index in [1.54, 1.807) is 0 Å². The highest BCUT2D eigenvalue weighted by atomic mass is 32.2. The van der Waals surface area contributed by atoms with Crippen LogP contribution in [0.2, 0.25) is 0 Å². The maximum atomic E-state index is 12.9. The van der Waals surface area contributed by atoms with Crippen molar-refractivity contribution in [2.24, 2.45) is 0 Å². The molecule has 0 aromatic heterocycles. The molecule has 75 heavy (non-hydrogen) atoms. The van der Waals surface area contributed by atoms with Crippen molar-refractivity contribution in [3.05, 3.63) is 83.3 Å². The van der Waals surface area contributed by atoms with Gasteiger partial charge < -0.3 is 55.2 Å². The van der Waals surface area contributed by atoms with Crippen LogP contribution in [0.15, 0.2) is 91.8 Å². The number of aliphatic hydroxyl groups excluding tert-OH is 8. The molecule has 5 rings (SSSR count). The van der Waals surface area contributed by atoms with Crippen LogP contribution in [-0.2, 0) is 81.0 Å². The van der Waals surface area contributed by atoms with Gasteiger partial charge in [0.25, 0.3) is 60.7 Å². The lowest BCUT2D eigenvalue weighted by Gasteiger charge is -2.39. The third-order valence-electron chi connectivity index (χ3n) is 12.1. The number of fused-ring (bicyclic) bond motifs is 2. The molecular formula is C39H51N2O28S6+. The summed E-state index contributed by atoms with van der Waals surface area (Å²) in [5.41, 5.74) is -8.12. The van der Waals surface area contributed by atoms with Crippen LogP contribution < -0.4 is 4.90 Å². The van der Waals surface area contributed by atoms with Crippen LogP contribution in [0.1, 0.15) is 24.0 Å². The first-order valence-electron chi connectivity index (χ1n) is 21.2. The summed E-state index contributed by atoms with van der Waals surface area (Å²) in [7, 11) is -31.2. The minimum Gasteiger partial charge on any atom is -0.462 e. The number of benzene rings is 2. The van der Waals surface area contributed by atoms with Gasteiger partial charge in [0.05, 0.1) is 60.4 Å². The fraction of sp³-hybridized carbons (Fsp3) is 0.462. The fourth-order valence-electron chi connectivity index (χ4n) is 8.70. The lowest BCUT2D eigenvalue weighted by atomic mass is 9.78. The van der Waals surface area contributed by atoms with Gasteiger partial charge in [0.2, 0.25) is 12.0 Å². The Balaban J connectivity index is 1.81. The SMILES string of the molecule is O=S(=O)(O)CCCN1/C(=C/C=C/C=C(/C=C/C2=[N+](CCCS(=O)(=O)O)c3cc(S(=O)(=O)O)cc(S(=O)(=O)O)c3C2(CO)CO)O[C@@H]2O[C@H](CO)[C@@H](O)[C@H](O)[C@H]2O)C(CO)(CO)c2c1cc(S(=O)(=O)O)cc2S(=O)(=O)O. The van der Waals surface area contributed by atoms with E-state index in [0.29, 0.717) is 18.2 Å². The van der Waals surface area contributed by atoms with Crippen LogP contribution in [-0.4, -0.2) is 217 Å². The molecule has 0 amide bonds. The summed E-state index contributed by atoms with van der Waals surface area (Å²) < 4.78 is 219. The van der Waals surface area contributed by atoms with Crippen molar-refractivity contribution in [2.75, 3.05) is 62.5 Å². The van der Waals surface area contributed by atoms with Crippen molar-refractivity contribution in [1.82, 2.24) is 0 Å². The van der Waals surface area contributed by atoms with E-state index in [1.807, 2.05) is 0 Å². The summed E-state index contributed by atoms with van der Waals surface area (Å²) in [5, 5.41) is 85.4. The topological polar surface area (TPSA) is 513 Å². The number of allylic oxidation sites excluding steroid dienone is 6. The number of rotatable bonds is 23. The molecule has 3 heterocycles. The third kappa shape index (κ3) is 13.2. The molecule has 1 saturated heterocycles. The van der Waals surface area contributed by atoms with Gasteiger partial charge in [0.1, 0.15) is 56.8 Å². The summed E-state index contributed by atoms with van der Waals surface area (Å²) in [4.78, 5) is -3.88. The Bertz CT molecular complexity index is 3400. The standard InChI is InChI=1S/C39H50N2O28S6/c42-17-27-34(47)35(48)36(49)37(69-27)68-22(7-8-31-39(20-45,21-46)33-26(41(31)10-4-12-71(53,54)55)14-24(73(59,60)61)16-29(33)75(65,66)67)5-1-2-6-30-38(18-43,19-44)32-25(40(30)9-3-11-70(50,51)52)13-23(72(56,57)58)15-28(32)74(62,63)64/h1-2,5-8,13-16,27,34-37,42-49H,3-4,9-12,17-21H2,(H5-,50,51,52,53,54,55,56,57,58,59,60,61,62,63,64,65,66,67)/p+1/t27-,34-,35+,36-,37-/m1/s1. The van der Waals surface area contributed by atoms with Gasteiger partial charge in [-0.1, -0.05) is 12.2 Å². The van der Waals surface area contributed by atoms with Gasteiger partial charge in [0, 0.05) is 42.1 Å². The van der Waals surface area contributed by atoms with Gasteiger partial charge in [-0.3, -0.25) is 27.3 Å². The zero-order valence-electron chi connectivity index (χ0n) is 38.3. The Morgan fingerprint density at radius 1 is 0.640 bits per heavy atom. The molecule has 1 fully saturated rings. The molecule has 0 bridgehead atoms. The van der Waals surface area contributed by atoms with E-state index in [2.05, 4.69) is 0 Å². The molecule has 0 spiro atoms. The smallest absolute Gasteiger partial charge is 0.295 e.